The van der Waals surface area contributed by atoms with Crippen LogP contribution in [0.25, 0.3) is 110 Å². The van der Waals surface area contributed by atoms with Crippen LogP contribution in [0.4, 0.5) is 0 Å². The van der Waals surface area contributed by atoms with Gasteiger partial charge in [0.15, 0.2) is 11.6 Å². The van der Waals surface area contributed by atoms with E-state index < -0.39 is 0 Å². The van der Waals surface area contributed by atoms with Gasteiger partial charge in [-0.2, -0.15) is 9.97 Å². The first kappa shape index (κ1) is 30.8. The normalized spacial score (nSPS) is 11.9. The van der Waals surface area contributed by atoms with Crippen LogP contribution in [-0.4, -0.2) is 23.9 Å². The number of para-hydroxylation sites is 3. The van der Waals surface area contributed by atoms with Gasteiger partial charge < -0.3 is 4.40 Å². The fraction of sp³-hybridized carbons (Fsp3) is 0. The Morgan fingerprint density at radius 1 is 0.286 bits per heavy atom. The molecule has 0 bridgehead atoms. The number of hydrogen-bond acceptors (Lipinski definition) is 3. The lowest BCUT2D eigenvalue weighted by molar-refractivity contribution is 0.953. The molecule has 4 heterocycles. The van der Waals surface area contributed by atoms with Crippen LogP contribution in [0.1, 0.15) is 0 Å². The van der Waals surface area contributed by atoms with E-state index in [-0.39, 0.29) is 0 Å². The molecule has 0 atom stereocenters. The Balaban J connectivity index is 1.32. The Labute approximate surface area is 321 Å². The molecule has 4 aromatic heterocycles. The predicted octanol–water partition coefficient (Wildman–Crippen LogP) is 12.9. The van der Waals surface area contributed by atoms with Crippen molar-refractivity contribution < 1.29 is 0 Å². The molecular formula is C51H31N5. The molecule has 0 aliphatic rings. The van der Waals surface area contributed by atoms with Crippen molar-refractivity contribution in [2.45, 2.75) is 0 Å². The summed E-state index contributed by atoms with van der Waals surface area (Å²) in [5.41, 5.74) is 7.43. The Kier molecular flexibility index (Phi) is 6.56. The van der Waals surface area contributed by atoms with Crippen LogP contribution in [0.5, 0.6) is 0 Å². The van der Waals surface area contributed by atoms with Crippen molar-refractivity contribution in [1.82, 2.24) is 23.9 Å². The molecule has 5 nitrogen and oxygen atoms in total. The second kappa shape index (κ2) is 11.9. The average molecular weight is 714 g/mol. The molecule has 12 aromatic rings. The summed E-state index contributed by atoms with van der Waals surface area (Å²) < 4.78 is 4.76. The van der Waals surface area contributed by atoms with E-state index >= 15 is 0 Å². The summed E-state index contributed by atoms with van der Waals surface area (Å²) in [5, 5.41) is 12.0. The van der Waals surface area contributed by atoms with Gasteiger partial charge in [-0.05, 0) is 39.7 Å². The highest BCUT2D eigenvalue weighted by Crippen LogP contribution is 2.43. The summed E-state index contributed by atoms with van der Waals surface area (Å²) in [6, 6.07) is 66.9. The average Bonchev–Trinajstić information content (AvgIpc) is 3.81. The van der Waals surface area contributed by atoms with Gasteiger partial charge in [-0.15, -0.1) is 0 Å². The molecule has 260 valence electrons. The third kappa shape index (κ3) is 4.39. The Bertz CT molecular complexity index is 3530. The molecule has 0 spiro atoms. The summed E-state index contributed by atoms with van der Waals surface area (Å²) >= 11 is 0. The lowest BCUT2D eigenvalue weighted by atomic mass is 10.0. The zero-order chi connectivity index (χ0) is 36.7. The van der Waals surface area contributed by atoms with Crippen molar-refractivity contribution in [2.75, 3.05) is 0 Å². The van der Waals surface area contributed by atoms with Gasteiger partial charge in [0.2, 0.25) is 5.95 Å². The van der Waals surface area contributed by atoms with Crippen LogP contribution in [0.3, 0.4) is 0 Å². The number of fused-ring (bicyclic) bond motifs is 14. The van der Waals surface area contributed by atoms with E-state index in [1.807, 2.05) is 36.4 Å². The topological polar surface area (TPSA) is 48.0 Å². The Morgan fingerprint density at radius 3 is 1.36 bits per heavy atom. The molecular weight excluding hydrogens is 683 g/mol. The van der Waals surface area contributed by atoms with Crippen LogP contribution < -0.4 is 0 Å². The maximum atomic E-state index is 5.22. The molecule has 0 amide bonds. The molecule has 0 radical (unpaired) electrons. The lowest BCUT2D eigenvalue weighted by Crippen LogP contribution is -2.06. The van der Waals surface area contributed by atoms with Crippen molar-refractivity contribution in [3.05, 3.63) is 188 Å². The van der Waals surface area contributed by atoms with Gasteiger partial charge in [0.1, 0.15) is 0 Å². The van der Waals surface area contributed by atoms with Gasteiger partial charge in [-0.25, -0.2) is 4.98 Å². The van der Waals surface area contributed by atoms with Crippen LogP contribution >= 0.6 is 0 Å². The molecule has 12 rings (SSSR count). The maximum absolute atomic E-state index is 5.22. The summed E-state index contributed by atoms with van der Waals surface area (Å²) in [5.74, 6) is 1.84. The first-order chi connectivity index (χ1) is 27.8. The van der Waals surface area contributed by atoms with Gasteiger partial charge in [-0.1, -0.05) is 170 Å². The smallest absolute Gasteiger partial charge is 0.238 e. The van der Waals surface area contributed by atoms with Crippen molar-refractivity contribution in [3.8, 4) is 28.7 Å². The molecule has 0 N–H and O–H groups in total. The van der Waals surface area contributed by atoms with Gasteiger partial charge in [0, 0.05) is 43.4 Å². The standard InChI is InChI=1S/C51H31N5/c1-3-16-32(17-4-1)49-52-50(33-18-5-2-6-19-33)54-51(53-49)55-44-29-14-12-25-42(44)46-45(55)31-30-41-40-27-15-26-39-37-23-10-8-21-35(37)34-20-7-9-22-36(34)38-24-11-13-28-43(38)56(47(39)40)48(41)46/h1-31H. The molecule has 56 heavy (non-hydrogen) atoms. The summed E-state index contributed by atoms with van der Waals surface area (Å²) in [4.78, 5) is 15.5. The highest BCUT2D eigenvalue weighted by atomic mass is 15.2. The summed E-state index contributed by atoms with van der Waals surface area (Å²) in [6.07, 6.45) is 0. The largest absolute Gasteiger partial charge is 0.307 e. The molecule has 0 saturated carbocycles. The summed E-state index contributed by atoms with van der Waals surface area (Å²) in [7, 11) is 0. The second-order valence-corrected chi connectivity index (χ2v) is 14.4. The van der Waals surface area contributed by atoms with Gasteiger partial charge in [-0.3, -0.25) is 4.57 Å². The number of aromatic nitrogens is 5. The van der Waals surface area contributed by atoms with E-state index in [0.717, 1.165) is 44.0 Å². The fourth-order valence-electron chi connectivity index (χ4n) is 8.98. The fourth-order valence-corrected chi connectivity index (χ4v) is 8.98. The zero-order valence-electron chi connectivity index (χ0n) is 30.1. The van der Waals surface area contributed by atoms with Crippen LogP contribution in [-0.2, 0) is 0 Å². The van der Waals surface area contributed by atoms with E-state index in [1.165, 1.54) is 48.6 Å². The molecule has 0 fully saturated rings. The molecule has 0 saturated heterocycles. The number of rotatable bonds is 3. The second-order valence-electron chi connectivity index (χ2n) is 14.4. The van der Waals surface area contributed by atoms with E-state index in [4.69, 9.17) is 15.0 Å². The summed E-state index contributed by atoms with van der Waals surface area (Å²) in [6.45, 7) is 0. The van der Waals surface area contributed by atoms with Crippen LogP contribution in [0.15, 0.2) is 188 Å². The number of nitrogens with zero attached hydrogens (tertiary/aromatic N) is 5. The van der Waals surface area contributed by atoms with Gasteiger partial charge in [0.05, 0.1) is 27.6 Å². The van der Waals surface area contributed by atoms with E-state index in [1.54, 1.807) is 0 Å². The van der Waals surface area contributed by atoms with E-state index in [9.17, 15) is 0 Å². The lowest BCUT2D eigenvalue weighted by Gasteiger charge is -2.11. The van der Waals surface area contributed by atoms with Crippen LogP contribution in [0.2, 0.25) is 0 Å². The highest BCUT2D eigenvalue weighted by molar-refractivity contribution is 6.30. The van der Waals surface area contributed by atoms with E-state index in [2.05, 4.69) is 161 Å². The molecule has 0 aliphatic carbocycles. The van der Waals surface area contributed by atoms with Gasteiger partial charge in [0.25, 0.3) is 0 Å². The van der Waals surface area contributed by atoms with E-state index in [0.29, 0.717) is 17.6 Å². The highest BCUT2D eigenvalue weighted by Gasteiger charge is 2.23. The van der Waals surface area contributed by atoms with Gasteiger partial charge >= 0.3 is 0 Å². The van der Waals surface area contributed by atoms with Crippen molar-refractivity contribution in [1.29, 1.82) is 0 Å². The third-order valence-corrected chi connectivity index (χ3v) is 11.3. The predicted molar refractivity (Wildman–Crippen MR) is 232 cm³/mol. The first-order valence-electron chi connectivity index (χ1n) is 19.0. The minimum atomic E-state index is 0.577. The zero-order valence-corrected chi connectivity index (χ0v) is 30.1. The Morgan fingerprint density at radius 2 is 0.732 bits per heavy atom. The molecule has 0 aliphatic heterocycles. The quantitative estimate of drug-likeness (QED) is 0.183. The maximum Gasteiger partial charge on any atom is 0.238 e. The molecule has 5 heteroatoms. The first-order valence-corrected chi connectivity index (χ1v) is 19.0. The number of benzene rings is 8. The molecule has 0 unspecified atom stereocenters. The molecule has 8 aromatic carbocycles. The number of hydrogen-bond donors (Lipinski definition) is 0. The minimum Gasteiger partial charge on any atom is -0.307 e. The monoisotopic (exact) mass is 713 g/mol. The van der Waals surface area contributed by atoms with Crippen molar-refractivity contribution in [3.63, 3.8) is 0 Å². The van der Waals surface area contributed by atoms with Crippen molar-refractivity contribution >= 4 is 81.4 Å². The Hall–Kier alpha value is -7.63. The van der Waals surface area contributed by atoms with Crippen molar-refractivity contribution in [2.24, 2.45) is 0 Å². The van der Waals surface area contributed by atoms with Crippen LogP contribution in [0, 0.1) is 0 Å². The minimum absolute atomic E-state index is 0.577. The SMILES string of the molecule is c1ccc(-c2nc(-c3ccccc3)nc(-n3c4ccccc4c4c3ccc3c5cccc6c7ccccc7c7ccccc7c7ccccc7n(c65)c34)n2)cc1. The third-order valence-electron chi connectivity index (χ3n) is 11.3.